The highest BCUT2D eigenvalue weighted by Crippen LogP contribution is 2.38. The SMILES string of the molecule is Cc1ccc2cccc(Nc3ncnc(N(Cc4ccccc4)c4ccccn4)c3[N+](=O)[O-])c2n1. The minimum atomic E-state index is -0.470. The van der Waals surface area contributed by atoms with Gasteiger partial charge in [-0.25, -0.2) is 15.0 Å². The van der Waals surface area contributed by atoms with E-state index in [0.29, 0.717) is 23.6 Å². The first-order chi connectivity index (χ1) is 17.1. The summed E-state index contributed by atoms with van der Waals surface area (Å²) >= 11 is 0. The molecule has 5 rings (SSSR count). The Labute approximate surface area is 201 Å². The van der Waals surface area contributed by atoms with Crippen molar-refractivity contribution in [1.29, 1.82) is 0 Å². The van der Waals surface area contributed by atoms with Gasteiger partial charge in [-0.05, 0) is 36.8 Å². The first kappa shape index (κ1) is 21.9. The Morgan fingerprint density at radius 1 is 0.914 bits per heavy atom. The maximum Gasteiger partial charge on any atom is 0.354 e. The lowest BCUT2D eigenvalue weighted by Crippen LogP contribution is -2.21. The quantitative estimate of drug-likeness (QED) is 0.241. The molecule has 0 radical (unpaired) electrons. The lowest BCUT2D eigenvalue weighted by Gasteiger charge is -2.23. The molecule has 0 unspecified atom stereocenters. The molecule has 0 amide bonds. The molecule has 172 valence electrons. The van der Waals surface area contributed by atoms with E-state index in [1.165, 1.54) is 6.33 Å². The molecule has 0 aliphatic heterocycles. The monoisotopic (exact) mass is 463 g/mol. The molecule has 0 saturated heterocycles. The third-order valence-corrected chi connectivity index (χ3v) is 5.46. The number of para-hydroxylation sites is 1. The van der Waals surface area contributed by atoms with Crippen LogP contribution in [0.25, 0.3) is 10.9 Å². The van der Waals surface area contributed by atoms with Crippen LogP contribution in [0.15, 0.2) is 91.4 Å². The molecule has 9 nitrogen and oxygen atoms in total. The maximum absolute atomic E-state index is 12.4. The van der Waals surface area contributed by atoms with Crippen LogP contribution in [0.1, 0.15) is 11.3 Å². The Morgan fingerprint density at radius 3 is 2.51 bits per heavy atom. The van der Waals surface area contributed by atoms with Crippen LogP contribution >= 0.6 is 0 Å². The number of rotatable bonds is 7. The lowest BCUT2D eigenvalue weighted by molar-refractivity contribution is -0.383. The molecule has 0 aliphatic rings. The molecule has 0 fully saturated rings. The number of nitrogens with one attached hydrogen (secondary N) is 1. The third-order valence-electron chi connectivity index (χ3n) is 5.46. The smallest absolute Gasteiger partial charge is 0.332 e. The van der Waals surface area contributed by atoms with E-state index < -0.39 is 4.92 Å². The molecular weight excluding hydrogens is 442 g/mol. The number of hydrogen-bond donors (Lipinski definition) is 1. The van der Waals surface area contributed by atoms with Crippen LogP contribution in [0.5, 0.6) is 0 Å². The van der Waals surface area contributed by atoms with Crippen molar-refractivity contribution in [3.63, 3.8) is 0 Å². The second-order valence-electron chi connectivity index (χ2n) is 7.87. The molecule has 0 atom stereocenters. The predicted octanol–water partition coefficient (Wildman–Crippen LogP) is 5.72. The van der Waals surface area contributed by atoms with Crippen LogP contribution in [0, 0.1) is 17.0 Å². The highest BCUT2D eigenvalue weighted by Gasteiger charge is 2.29. The summed E-state index contributed by atoms with van der Waals surface area (Å²) in [6, 6.07) is 24.6. The summed E-state index contributed by atoms with van der Waals surface area (Å²) in [5.41, 5.74) is 2.86. The average Bonchev–Trinajstić information content (AvgIpc) is 2.88. The molecule has 3 heterocycles. The van der Waals surface area contributed by atoms with Gasteiger partial charge >= 0.3 is 5.69 Å². The molecule has 1 N–H and O–H groups in total. The van der Waals surface area contributed by atoms with Gasteiger partial charge in [0.05, 0.1) is 22.7 Å². The molecule has 0 aliphatic carbocycles. The number of nitro groups is 1. The van der Waals surface area contributed by atoms with Crippen molar-refractivity contribution in [2.45, 2.75) is 13.5 Å². The van der Waals surface area contributed by atoms with Gasteiger partial charge < -0.3 is 10.2 Å². The Hall–Kier alpha value is -4.92. The first-order valence-corrected chi connectivity index (χ1v) is 11.0. The normalized spacial score (nSPS) is 10.8. The van der Waals surface area contributed by atoms with Crippen LogP contribution in [0.2, 0.25) is 0 Å². The maximum atomic E-state index is 12.4. The number of benzene rings is 2. The summed E-state index contributed by atoms with van der Waals surface area (Å²) in [5, 5.41) is 16.4. The number of nitrogens with zero attached hydrogens (tertiary/aromatic N) is 6. The van der Waals surface area contributed by atoms with E-state index in [9.17, 15) is 10.1 Å². The van der Waals surface area contributed by atoms with E-state index in [-0.39, 0.29) is 17.3 Å². The predicted molar refractivity (Wildman–Crippen MR) is 135 cm³/mol. The average molecular weight is 464 g/mol. The van der Waals surface area contributed by atoms with E-state index in [4.69, 9.17) is 0 Å². The second-order valence-corrected chi connectivity index (χ2v) is 7.87. The molecule has 0 saturated carbocycles. The summed E-state index contributed by atoms with van der Waals surface area (Å²) in [6.07, 6.45) is 2.96. The zero-order valence-corrected chi connectivity index (χ0v) is 18.9. The highest BCUT2D eigenvalue weighted by atomic mass is 16.6. The molecule has 3 aromatic heterocycles. The van der Waals surface area contributed by atoms with E-state index in [2.05, 4.69) is 25.3 Å². The Bertz CT molecular complexity index is 1490. The number of hydrogen-bond acceptors (Lipinski definition) is 8. The van der Waals surface area contributed by atoms with Gasteiger partial charge in [0.25, 0.3) is 0 Å². The summed E-state index contributed by atoms with van der Waals surface area (Å²) in [6.45, 7) is 2.24. The van der Waals surface area contributed by atoms with Gasteiger partial charge in [-0.2, -0.15) is 0 Å². The molecule has 5 aromatic rings. The van der Waals surface area contributed by atoms with Gasteiger partial charge in [0.15, 0.2) is 0 Å². The minimum absolute atomic E-state index is 0.0739. The Morgan fingerprint density at radius 2 is 1.74 bits per heavy atom. The van der Waals surface area contributed by atoms with E-state index in [1.54, 1.807) is 23.2 Å². The summed E-state index contributed by atoms with van der Waals surface area (Å²) in [5.74, 6) is 0.746. The highest BCUT2D eigenvalue weighted by molar-refractivity contribution is 5.93. The number of fused-ring (bicyclic) bond motifs is 1. The molecule has 35 heavy (non-hydrogen) atoms. The molecule has 2 aromatic carbocycles. The van der Waals surface area contributed by atoms with Crippen LogP contribution in [0.3, 0.4) is 0 Å². The van der Waals surface area contributed by atoms with Gasteiger partial charge in [-0.1, -0.05) is 54.6 Å². The van der Waals surface area contributed by atoms with Gasteiger partial charge in [-0.15, -0.1) is 0 Å². The number of pyridine rings is 2. The number of anilines is 4. The van der Waals surface area contributed by atoms with Gasteiger partial charge in [0.1, 0.15) is 12.1 Å². The van der Waals surface area contributed by atoms with E-state index in [1.807, 2.05) is 73.7 Å². The number of aryl methyl sites for hydroxylation is 1. The minimum Gasteiger partial charge on any atom is -0.332 e. The molecule has 9 heteroatoms. The zero-order chi connectivity index (χ0) is 24.2. The van der Waals surface area contributed by atoms with Crippen LogP contribution in [-0.4, -0.2) is 24.9 Å². The standard InChI is InChI=1S/C26H21N7O2/c1-18-13-14-20-10-7-11-21(23(20)30-18)31-25-24(33(34)35)26(29-17-28-25)32(22-12-5-6-15-27-22)16-19-8-3-2-4-9-19/h2-15,17H,16H2,1H3,(H,28,29,31). The number of aromatic nitrogens is 4. The van der Waals surface area contributed by atoms with Crippen molar-refractivity contribution in [3.05, 3.63) is 113 Å². The second kappa shape index (κ2) is 9.52. The van der Waals surface area contributed by atoms with E-state index in [0.717, 1.165) is 16.6 Å². The fourth-order valence-corrected chi connectivity index (χ4v) is 3.84. The van der Waals surface area contributed by atoms with Crippen LogP contribution in [0.4, 0.5) is 28.8 Å². The summed E-state index contributed by atoms with van der Waals surface area (Å²) < 4.78 is 0. The Balaban J connectivity index is 1.63. The fourth-order valence-electron chi connectivity index (χ4n) is 3.84. The fraction of sp³-hybridized carbons (Fsp3) is 0.0769. The molecule has 0 bridgehead atoms. The van der Waals surface area contributed by atoms with E-state index >= 15 is 0 Å². The van der Waals surface area contributed by atoms with Crippen molar-refractivity contribution in [3.8, 4) is 0 Å². The van der Waals surface area contributed by atoms with Gasteiger partial charge in [-0.3, -0.25) is 15.1 Å². The summed E-state index contributed by atoms with van der Waals surface area (Å²) in [4.78, 5) is 31.2. The van der Waals surface area contributed by atoms with Crippen molar-refractivity contribution >= 4 is 39.7 Å². The van der Waals surface area contributed by atoms with Crippen molar-refractivity contribution in [2.24, 2.45) is 0 Å². The van der Waals surface area contributed by atoms with Crippen molar-refractivity contribution < 1.29 is 4.92 Å². The Kier molecular flexibility index (Phi) is 5.96. The van der Waals surface area contributed by atoms with Gasteiger partial charge in [0, 0.05) is 17.3 Å². The lowest BCUT2D eigenvalue weighted by atomic mass is 10.1. The zero-order valence-electron chi connectivity index (χ0n) is 18.9. The van der Waals surface area contributed by atoms with Gasteiger partial charge in [0.2, 0.25) is 11.6 Å². The topological polar surface area (TPSA) is 110 Å². The molecule has 0 spiro atoms. The van der Waals surface area contributed by atoms with Crippen molar-refractivity contribution in [2.75, 3.05) is 10.2 Å². The largest absolute Gasteiger partial charge is 0.354 e. The van der Waals surface area contributed by atoms with Crippen LogP contribution in [-0.2, 0) is 6.54 Å². The third kappa shape index (κ3) is 4.60. The van der Waals surface area contributed by atoms with Crippen LogP contribution < -0.4 is 10.2 Å². The summed E-state index contributed by atoms with van der Waals surface area (Å²) in [7, 11) is 0. The molecular formula is C26H21N7O2. The van der Waals surface area contributed by atoms with Crippen molar-refractivity contribution in [1.82, 2.24) is 19.9 Å². The first-order valence-electron chi connectivity index (χ1n) is 11.0.